The number of aryl methyl sites for hydroxylation is 1. The first-order chi connectivity index (χ1) is 14.0. The third-order valence-electron chi connectivity index (χ3n) is 4.98. The summed E-state index contributed by atoms with van der Waals surface area (Å²) in [6.07, 6.45) is 7.21. The number of halogens is 1. The molecule has 0 bridgehead atoms. The van der Waals surface area contributed by atoms with Crippen LogP contribution >= 0.6 is 27.3 Å². The van der Waals surface area contributed by atoms with E-state index in [9.17, 15) is 9.59 Å². The van der Waals surface area contributed by atoms with E-state index in [2.05, 4.69) is 28.2 Å². The molecule has 1 heterocycles. The number of thiophene rings is 1. The van der Waals surface area contributed by atoms with Crippen molar-refractivity contribution in [3.05, 3.63) is 44.2 Å². The molecule has 5 nitrogen and oxygen atoms in total. The molecule has 0 saturated heterocycles. The Kier molecular flexibility index (Phi) is 7.72. The molecule has 1 aromatic carbocycles. The summed E-state index contributed by atoms with van der Waals surface area (Å²) in [5.74, 6) is -0.146. The second-order valence-electron chi connectivity index (χ2n) is 7.06. The van der Waals surface area contributed by atoms with Gasteiger partial charge in [0.1, 0.15) is 10.8 Å². The number of hydrogen-bond acceptors (Lipinski definition) is 5. The van der Waals surface area contributed by atoms with E-state index >= 15 is 0 Å². The molecule has 1 aliphatic rings. The lowest BCUT2D eigenvalue weighted by atomic mass is 10.1. The number of ether oxygens (including phenoxy) is 2. The highest BCUT2D eigenvalue weighted by Gasteiger charge is 2.28. The average Bonchev–Trinajstić information content (AvgIpc) is 3.29. The lowest BCUT2D eigenvalue weighted by Gasteiger charge is -2.13. The Morgan fingerprint density at radius 2 is 2.03 bits per heavy atom. The van der Waals surface area contributed by atoms with E-state index in [1.165, 1.54) is 31.3 Å². The standard InChI is InChI=1S/C22H26BrNO4S/c1-3-4-5-6-12-28-17-11-10-14(23)13-16(17)20(25)24-21-19(22(26)27-2)15-8-7-9-18(15)29-21/h10-11,13H,3-9,12H2,1-2H3,(H,24,25). The zero-order valence-electron chi connectivity index (χ0n) is 16.8. The fourth-order valence-corrected chi connectivity index (χ4v) is 5.13. The Balaban J connectivity index is 1.79. The van der Waals surface area contributed by atoms with Crippen LogP contribution in [0.1, 0.15) is 70.2 Å². The van der Waals surface area contributed by atoms with Gasteiger partial charge in [0.05, 0.1) is 24.8 Å². The summed E-state index contributed by atoms with van der Waals surface area (Å²) < 4.78 is 11.6. The maximum absolute atomic E-state index is 13.1. The first-order valence-electron chi connectivity index (χ1n) is 10.0. The van der Waals surface area contributed by atoms with Gasteiger partial charge < -0.3 is 14.8 Å². The van der Waals surface area contributed by atoms with Crippen molar-refractivity contribution in [3.63, 3.8) is 0 Å². The molecule has 0 fully saturated rings. The third kappa shape index (κ3) is 5.20. The molecule has 1 amide bonds. The minimum Gasteiger partial charge on any atom is -0.493 e. The highest BCUT2D eigenvalue weighted by atomic mass is 79.9. The van der Waals surface area contributed by atoms with Crippen LogP contribution in [0.15, 0.2) is 22.7 Å². The molecule has 1 N–H and O–H groups in total. The van der Waals surface area contributed by atoms with E-state index in [1.807, 2.05) is 6.07 Å². The lowest BCUT2D eigenvalue weighted by molar-refractivity contribution is 0.0601. The van der Waals surface area contributed by atoms with Crippen molar-refractivity contribution in [1.82, 2.24) is 0 Å². The molecule has 0 spiro atoms. The van der Waals surface area contributed by atoms with Gasteiger partial charge in [-0.1, -0.05) is 42.1 Å². The molecule has 29 heavy (non-hydrogen) atoms. The third-order valence-corrected chi connectivity index (χ3v) is 6.68. The molecule has 7 heteroatoms. The number of amides is 1. The Morgan fingerprint density at radius 1 is 1.21 bits per heavy atom. The minimum atomic E-state index is -0.402. The molecule has 1 aliphatic carbocycles. The molecule has 2 aromatic rings. The summed E-state index contributed by atoms with van der Waals surface area (Å²) in [6.45, 7) is 2.74. The number of unbranched alkanes of at least 4 members (excludes halogenated alkanes) is 3. The van der Waals surface area contributed by atoms with Gasteiger partial charge in [-0.3, -0.25) is 4.79 Å². The molecule has 0 aliphatic heterocycles. The monoisotopic (exact) mass is 479 g/mol. The number of carbonyl (C=O) groups is 2. The van der Waals surface area contributed by atoms with E-state index < -0.39 is 5.97 Å². The van der Waals surface area contributed by atoms with Crippen LogP contribution < -0.4 is 10.1 Å². The molecule has 3 rings (SSSR count). The predicted octanol–water partition coefficient (Wildman–Crippen LogP) is 6.00. The van der Waals surface area contributed by atoms with Crippen molar-refractivity contribution < 1.29 is 19.1 Å². The molecular formula is C22H26BrNO4S. The van der Waals surface area contributed by atoms with Gasteiger partial charge in [-0.2, -0.15) is 0 Å². The molecule has 0 radical (unpaired) electrons. The normalized spacial score (nSPS) is 12.5. The summed E-state index contributed by atoms with van der Waals surface area (Å²) in [6, 6.07) is 5.40. The zero-order valence-corrected chi connectivity index (χ0v) is 19.2. The molecular weight excluding hydrogens is 454 g/mol. The van der Waals surface area contributed by atoms with Crippen LogP contribution in [0.25, 0.3) is 0 Å². The topological polar surface area (TPSA) is 64.6 Å². The summed E-state index contributed by atoms with van der Waals surface area (Å²) in [7, 11) is 1.37. The van der Waals surface area contributed by atoms with Crippen molar-refractivity contribution in [1.29, 1.82) is 0 Å². The van der Waals surface area contributed by atoms with Crippen molar-refractivity contribution >= 4 is 44.1 Å². The average molecular weight is 480 g/mol. The van der Waals surface area contributed by atoms with Gasteiger partial charge in [0.25, 0.3) is 5.91 Å². The number of anilines is 1. The Labute approximate surface area is 183 Å². The number of rotatable bonds is 9. The number of methoxy groups -OCH3 is 1. The Bertz CT molecular complexity index is 893. The van der Waals surface area contributed by atoms with Crippen molar-refractivity contribution in [2.24, 2.45) is 0 Å². The smallest absolute Gasteiger partial charge is 0.341 e. The summed E-state index contributed by atoms with van der Waals surface area (Å²) in [4.78, 5) is 26.5. The summed E-state index contributed by atoms with van der Waals surface area (Å²) in [5, 5.41) is 3.48. The van der Waals surface area contributed by atoms with Gasteiger partial charge >= 0.3 is 5.97 Å². The SMILES string of the molecule is CCCCCCOc1ccc(Br)cc1C(=O)Nc1sc2c(c1C(=O)OC)CCC2. The van der Waals surface area contributed by atoms with Crippen molar-refractivity contribution in [3.8, 4) is 5.75 Å². The van der Waals surface area contributed by atoms with Gasteiger partial charge in [-0.25, -0.2) is 4.79 Å². The van der Waals surface area contributed by atoms with Gasteiger partial charge in [0.2, 0.25) is 0 Å². The maximum Gasteiger partial charge on any atom is 0.341 e. The lowest BCUT2D eigenvalue weighted by Crippen LogP contribution is -2.16. The minimum absolute atomic E-state index is 0.292. The van der Waals surface area contributed by atoms with Crippen molar-refractivity contribution in [2.45, 2.75) is 51.9 Å². The van der Waals surface area contributed by atoms with Crippen LogP contribution in [0.3, 0.4) is 0 Å². The fourth-order valence-electron chi connectivity index (χ4n) is 3.50. The Hall–Kier alpha value is -1.86. The molecule has 0 saturated carbocycles. The molecule has 156 valence electrons. The maximum atomic E-state index is 13.1. The van der Waals surface area contributed by atoms with Crippen LogP contribution in [0.4, 0.5) is 5.00 Å². The summed E-state index contributed by atoms with van der Waals surface area (Å²) in [5.41, 5.74) is 1.95. The molecule has 0 atom stereocenters. The number of nitrogens with one attached hydrogen (secondary N) is 1. The Morgan fingerprint density at radius 3 is 2.79 bits per heavy atom. The molecule has 1 aromatic heterocycles. The van der Waals surface area contributed by atoms with Crippen LogP contribution in [0.5, 0.6) is 5.75 Å². The van der Waals surface area contributed by atoms with Gasteiger partial charge in [-0.05, 0) is 49.4 Å². The first kappa shape index (κ1) is 21.8. The quantitative estimate of drug-likeness (QED) is 0.353. The van der Waals surface area contributed by atoms with E-state index in [1.54, 1.807) is 12.1 Å². The largest absolute Gasteiger partial charge is 0.493 e. The highest BCUT2D eigenvalue weighted by molar-refractivity contribution is 9.10. The first-order valence-corrected chi connectivity index (χ1v) is 11.6. The van der Waals surface area contributed by atoms with Crippen molar-refractivity contribution in [2.75, 3.05) is 19.0 Å². The van der Waals surface area contributed by atoms with Crippen LogP contribution in [-0.4, -0.2) is 25.6 Å². The van der Waals surface area contributed by atoms with Gasteiger partial charge in [0, 0.05) is 9.35 Å². The number of fused-ring (bicyclic) bond motifs is 1. The predicted molar refractivity (Wildman–Crippen MR) is 119 cm³/mol. The second-order valence-corrected chi connectivity index (χ2v) is 9.08. The van der Waals surface area contributed by atoms with Crippen LogP contribution in [0, 0.1) is 0 Å². The van der Waals surface area contributed by atoms with E-state index in [-0.39, 0.29) is 5.91 Å². The number of benzene rings is 1. The van der Waals surface area contributed by atoms with E-state index in [0.717, 1.165) is 47.0 Å². The highest BCUT2D eigenvalue weighted by Crippen LogP contribution is 2.40. The molecule has 0 unspecified atom stereocenters. The number of esters is 1. The number of hydrogen-bond donors (Lipinski definition) is 1. The number of carbonyl (C=O) groups excluding carboxylic acids is 2. The van der Waals surface area contributed by atoms with Crippen LogP contribution in [-0.2, 0) is 17.6 Å². The van der Waals surface area contributed by atoms with E-state index in [0.29, 0.717) is 28.5 Å². The van der Waals surface area contributed by atoms with Crippen LogP contribution in [0.2, 0.25) is 0 Å². The summed E-state index contributed by atoms with van der Waals surface area (Å²) >= 11 is 4.90. The van der Waals surface area contributed by atoms with Gasteiger partial charge in [-0.15, -0.1) is 11.3 Å². The second kappa shape index (κ2) is 10.3. The van der Waals surface area contributed by atoms with E-state index in [4.69, 9.17) is 9.47 Å². The zero-order chi connectivity index (χ0) is 20.8. The van der Waals surface area contributed by atoms with Gasteiger partial charge in [0.15, 0.2) is 0 Å². The fraction of sp³-hybridized carbons (Fsp3) is 0.455.